The fraction of sp³-hybridized carbons (Fsp3) is 0.615. The van der Waals surface area contributed by atoms with Crippen molar-refractivity contribution >= 4 is 29.9 Å². The molecule has 3 nitrogen and oxygen atoms in total. The van der Waals surface area contributed by atoms with Crippen molar-refractivity contribution in [2.45, 2.75) is 30.2 Å². The van der Waals surface area contributed by atoms with E-state index in [1.807, 2.05) is 16.3 Å². The molecule has 0 aromatic carbocycles. The smallest absolute Gasteiger partial charge is 0.264 e. The topological polar surface area (TPSA) is 23.6 Å². The summed E-state index contributed by atoms with van der Waals surface area (Å²) in [7, 11) is 0. The maximum atomic E-state index is 12.3. The molecule has 1 unspecified atom stereocenters. The van der Waals surface area contributed by atoms with Crippen LogP contribution in [0.4, 0.5) is 0 Å². The molecule has 1 aromatic heterocycles. The molecule has 3 heterocycles. The number of thiophene rings is 1. The molecule has 0 aliphatic carbocycles. The zero-order chi connectivity index (χ0) is 12.5. The Balaban J connectivity index is 1.63. The SMILES string of the molecule is O=C(c1cc(S)cs1)N1CCC(N2CCCC2)C1. The van der Waals surface area contributed by atoms with Crippen molar-refractivity contribution in [3.8, 4) is 0 Å². The fourth-order valence-electron chi connectivity index (χ4n) is 2.93. The van der Waals surface area contributed by atoms with Crippen LogP contribution in [-0.4, -0.2) is 47.9 Å². The summed E-state index contributed by atoms with van der Waals surface area (Å²) in [6.07, 6.45) is 3.77. The van der Waals surface area contributed by atoms with Crippen LogP contribution in [0.3, 0.4) is 0 Å². The van der Waals surface area contributed by atoms with Crippen molar-refractivity contribution in [2.24, 2.45) is 0 Å². The third kappa shape index (κ3) is 2.44. The zero-order valence-electron chi connectivity index (χ0n) is 10.3. The minimum atomic E-state index is 0.182. The molecule has 98 valence electrons. The Morgan fingerprint density at radius 3 is 2.78 bits per heavy atom. The largest absolute Gasteiger partial charge is 0.336 e. The maximum absolute atomic E-state index is 12.3. The normalized spacial score (nSPS) is 24.9. The van der Waals surface area contributed by atoms with E-state index < -0.39 is 0 Å². The summed E-state index contributed by atoms with van der Waals surface area (Å²) in [6, 6.07) is 2.46. The third-order valence-corrected chi connectivity index (χ3v) is 5.26. The Morgan fingerprint density at radius 1 is 1.33 bits per heavy atom. The van der Waals surface area contributed by atoms with Crippen LogP contribution in [0.5, 0.6) is 0 Å². The van der Waals surface area contributed by atoms with Gasteiger partial charge in [-0.2, -0.15) is 0 Å². The number of nitrogens with zero attached hydrogens (tertiary/aromatic N) is 2. The van der Waals surface area contributed by atoms with Crippen LogP contribution in [0.15, 0.2) is 16.3 Å². The first-order valence-corrected chi connectivity index (χ1v) is 7.87. The molecule has 2 fully saturated rings. The average Bonchev–Trinajstić information content (AvgIpc) is 3.09. The second-order valence-electron chi connectivity index (χ2n) is 5.11. The lowest BCUT2D eigenvalue weighted by Gasteiger charge is -2.23. The lowest BCUT2D eigenvalue weighted by Crippen LogP contribution is -2.36. The number of likely N-dealkylation sites (tertiary alicyclic amines) is 2. The molecule has 0 radical (unpaired) electrons. The first-order chi connectivity index (χ1) is 8.74. The summed E-state index contributed by atoms with van der Waals surface area (Å²) in [5, 5.41) is 1.92. The molecule has 0 bridgehead atoms. The molecule has 5 heteroatoms. The number of hydrogen-bond acceptors (Lipinski definition) is 4. The third-order valence-electron chi connectivity index (χ3n) is 3.90. The Bertz CT molecular complexity index is 440. The van der Waals surface area contributed by atoms with Crippen molar-refractivity contribution < 1.29 is 4.79 Å². The van der Waals surface area contributed by atoms with E-state index in [-0.39, 0.29) is 5.91 Å². The second-order valence-corrected chi connectivity index (χ2v) is 6.53. The van der Waals surface area contributed by atoms with E-state index >= 15 is 0 Å². The van der Waals surface area contributed by atoms with Crippen molar-refractivity contribution in [3.05, 3.63) is 16.3 Å². The van der Waals surface area contributed by atoms with Gasteiger partial charge in [0.1, 0.15) is 0 Å². The van der Waals surface area contributed by atoms with E-state index in [0.717, 1.165) is 29.3 Å². The van der Waals surface area contributed by atoms with Crippen LogP contribution in [0, 0.1) is 0 Å². The van der Waals surface area contributed by atoms with Gasteiger partial charge in [-0.15, -0.1) is 24.0 Å². The fourth-order valence-corrected chi connectivity index (χ4v) is 4.04. The molecule has 2 saturated heterocycles. The van der Waals surface area contributed by atoms with E-state index in [1.54, 1.807) is 0 Å². The maximum Gasteiger partial charge on any atom is 0.264 e. The van der Waals surface area contributed by atoms with Gasteiger partial charge < -0.3 is 4.90 Å². The van der Waals surface area contributed by atoms with Crippen LogP contribution < -0.4 is 0 Å². The van der Waals surface area contributed by atoms with Gasteiger partial charge in [0.25, 0.3) is 5.91 Å². The first-order valence-electron chi connectivity index (χ1n) is 6.55. The number of rotatable bonds is 2. The highest BCUT2D eigenvalue weighted by molar-refractivity contribution is 7.80. The van der Waals surface area contributed by atoms with Gasteiger partial charge in [-0.25, -0.2) is 0 Å². The summed E-state index contributed by atoms with van der Waals surface area (Å²) in [5.74, 6) is 0.182. The molecule has 3 rings (SSSR count). The standard InChI is InChI=1S/C13H18N2OS2/c16-13(12-7-11(17)9-18-12)15-6-3-10(8-15)14-4-1-2-5-14/h7,9-10,17H,1-6,8H2. The summed E-state index contributed by atoms with van der Waals surface area (Å²) in [4.78, 5) is 18.6. The van der Waals surface area contributed by atoms with Gasteiger partial charge in [0.05, 0.1) is 4.88 Å². The Hall–Kier alpha value is -0.520. The highest BCUT2D eigenvalue weighted by Gasteiger charge is 2.32. The van der Waals surface area contributed by atoms with Gasteiger partial charge >= 0.3 is 0 Å². The van der Waals surface area contributed by atoms with E-state index in [9.17, 15) is 4.79 Å². The molecular formula is C13H18N2OS2. The molecule has 0 saturated carbocycles. The molecule has 1 atom stereocenters. The van der Waals surface area contributed by atoms with Gasteiger partial charge in [0.15, 0.2) is 0 Å². The van der Waals surface area contributed by atoms with Crippen LogP contribution in [0.25, 0.3) is 0 Å². The molecular weight excluding hydrogens is 264 g/mol. The van der Waals surface area contributed by atoms with Gasteiger partial charge in [0.2, 0.25) is 0 Å². The first kappa shape index (κ1) is 12.5. The number of carbonyl (C=O) groups excluding carboxylic acids is 1. The van der Waals surface area contributed by atoms with Crippen molar-refractivity contribution in [3.63, 3.8) is 0 Å². The van der Waals surface area contributed by atoms with Crippen LogP contribution in [-0.2, 0) is 0 Å². The minimum absolute atomic E-state index is 0.182. The highest BCUT2D eigenvalue weighted by Crippen LogP contribution is 2.24. The van der Waals surface area contributed by atoms with Gasteiger partial charge in [-0.1, -0.05) is 0 Å². The van der Waals surface area contributed by atoms with E-state index in [2.05, 4.69) is 17.5 Å². The Morgan fingerprint density at radius 2 is 2.11 bits per heavy atom. The zero-order valence-corrected chi connectivity index (χ0v) is 12.1. The minimum Gasteiger partial charge on any atom is -0.336 e. The molecule has 1 aromatic rings. The van der Waals surface area contributed by atoms with Crippen molar-refractivity contribution in [1.82, 2.24) is 9.80 Å². The lowest BCUT2D eigenvalue weighted by molar-refractivity contribution is 0.0784. The van der Waals surface area contributed by atoms with Crippen molar-refractivity contribution in [2.75, 3.05) is 26.2 Å². The van der Waals surface area contributed by atoms with Crippen molar-refractivity contribution in [1.29, 1.82) is 0 Å². The Labute approximate surface area is 117 Å². The van der Waals surface area contributed by atoms with E-state index in [4.69, 9.17) is 0 Å². The second kappa shape index (κ2) is 5.23. The average molecular weight is 282 g/mol. The number of amides is 1. The monoisotopic (exact) mass is 282 g/mol. The Kier molecular flexibility index (Phi) is 3.63. The van der Waals surface area contributed by atoms with Crippen LogP contribution in [0.2, 0.25) is 0 Å². The van der Waals surface area contributed by atoms with Crippen LogP contribution in [0.1, 0.15) is 28.9 Å². The lowest BCUT2D eigenvalue weighted by atomic mass is 10.2. The predicted octanol–water partition coefficient (Wildman–Crippen LogP) is 2.35. The molecule has 1 amide bonds. The summed E-state index contributed by atoms with van der Waals surface area (Å²) >= 11 is 5.76. The quantitative estimate of drug-likeness (QED) is 0.842. The van der Waals surface area contributed by atoms with E-state index in [1.165, 1.54) is 37.3 Å². The highest BCUT2D eigenvalue weighted by atomic mass is 32.1. The number of hydrogen-bond donors (Lipinski definition) is 1. The van der Waals surface area contributed by atoms with Gasteiger partial charge in [0, 0.05) is 29.4 Å². The summed E-state index contributed by atoms with van der Waals surface area (Å²) in [6.45, 7) is 4.23. The predicted molar refractivity (Wildman–Crippen MR) is 76.7 cm³/mol. The van der Waals surface area contributed by atoms with Crippen LogP contribution >= 0.6 is 24.0 Å². The van der Waals surface area contributed by atoms with E-state index in [0.29, 0.717) is 6.04 Å². The van der Waals surface area contributed by atoms with Gasteiger partial charge in [-0.05, 0) is 38.4 Å². The summed E-state index contributed by atoms with van der Waals surface area (Å²) < 4.78 is 0. The number of thiol groups is 1. The molecule has 0 spiro atoms. The molecule has 2 aliphatic rings. The number of carbonyl (C=O) groups is 1. The molecule has 0 N–H and O–H groups in total. The van der Waals surface area contributed by atoms with Gasteiger partial charge in [-0.3, -0.25) is 9.69 Å². The molecule has 18 heavy (non-hydrogen) atoms. The molecule has 2 aliphatic heterocycles. The summed E-state index contributed by atoms with van der Waals surface area (Å²) in [5.41, 5.74) is 0.